The summed E-state index contributed by atoms with van der Waals surface area (Å²) < 4.78 is 17.3. The van der Waals surface area contributed by atoms with Crippen molar-refractivity contribution in [2.24, 2.45) is 0 Å². The van der Waals surface area contributed by atoms with Crippen LogP contribution < -0.4 is 30.2 Å². The van der Waals surface area contributed by atoms with Crippen molar-refractivity contribution in [3.8, 4) is 17.2 Å². The van der Waals surface area contributed by atoms with Crippen molar-refractivity contribution in [2.75, 3.05) is 41.0 Å². The maximum atomic E-state index is 11.4. The fourth-order valence-corrected chi connectivity index (χ4v) is 7.48. The minimum atomic E-state index is -0.764. The van der Waals surface area contributed by atoms with Crippen LogP contribution in [-0.4, -0.2) is 53.0 Å². The van der Waals surface area contributed by atoms with E-state index in [1.54, 1.807) is 30.3 Å². The van der Waals surface area contributed by atoms with Crippen molar-refractivity contribution in [2.45, 2.75) is 45.3 Å². The van der Waals surface area contributed by atoms with Gasteiger partial charge in [-0.2, -0.15) is 0 Å². The van der Waals surface area contributed by atoms with Crippen molar-refractivity contribution in [1.29, 1.82) is 0 Å². The Kier molecular flexibility index (Phi) is 22.2. The van der Waals surface area contributed by atoms with Gasteiger partial charge in [0.2, 0.25) is 12.8 Å². The molecule has 7 rings (SSSR count). The number of aliphatic hydroxyl groups excluding tert-OH is 2. The monoisotopic (exact) mass is 1020 g/mol. The van der Waals surface area contributed by atoms with E-state index in [-0.39, 0.29) is 18.6 Å². The second kappa shape index (κ2) is 28.7. The van der Waals surface area contributed by atoms with Crippen molar-refractivity contribution < 1.29 is 52.6 Å². The number of rotatable bonds is 24. The van der Waals surface area contributed by atoms with Crippen molar-refractivity contribution in [1.82, 2.24) is 4.90 Å². The van der Waals surface area contributed by atoms with Crippen LogP contribution in [0.3, 0.4) is 0 Å². The van der Waals surface area contributed by atoms with E-state index in [1.807, 2.05) is 116 Å². The van der Waals surface area contributed by atoms with Crippen LogP contribution >= 0.6 is 15.9 Å². The summed E-state index contributed by atoms with van der Waals surface area (Å²) in [5, 5.41) is 30.4. The zero-order valence-electron chi connectivity index (χ0n) is 37.9. The van der Waals surface area contributed by atoms with E-state index in [0.717, 1.165) is 41.2 Å². The summed E-state index contributed by atoms with van der Waals surface area (Å²) >= 11 is 3.22. The van der Waals surface area contributed by atoms with E-state index in [1.165, 1.54) is 11.1 Å². The third-order valence-corrected chi connectivity index (χ3v) is 11.2. The van der Waals surface area contributed by atoms with Crippen LogP contribution in [0.1, 0.15) is 52.5 Å². The third-order valence-electron chi connectivity index (χ3n) is 10.6. The first kappa shape index (κ1) is 52.6. The molecule has 2 amide bonds. The molecule has 7 aromatic rings. The number of aliphatic hydroxyl groups is 2. The number of nitrogens with one attached hydrogen (secondary N) is 3. The largest absolute Gasteiger partial charge is 0.494 e. The number of carbonyl (C=O) groups is 2. The van der Waals surface area contributed by atoms with Gasteiger partial charge in [0, 0.05) is 54.9 Å². The number of carbonyl (C=O) groups excluding carboxylic acids is 2. The van der Waals surface area contributed by atoms with Crippen LogP contribution in [0.5, 0.6) is 17.2 Å². The van der Waals surface area contributed by atoms with Gasteiger partial charge in [-0.3, -0.25) is 14.5 Å². The summed E-state index contributed by atoms with van der Waals surface area (Å²) in [7, 11) is 0. The summed E-state index contributed by atoms with van der Waals surface area (Å²) in [6.45, 7) is 5.30. The molecule has 0 fully saturated rings. The zero-order valence-corrected chi connectivity index (χ0v) is 40.9. The predicted octanol–water partition coefficient (Wildman–Crippen LogP) is 11.0. The summed E-state index contributed by atoms with van der Waals surface area (Å²) in [5.41, 5.74) is 8.96. The van der Waals surface area contributed by atoms with Gasteiger partial charge in [0.05, 0.1) is 30.2 Å². The fraction of sp³-hybridized carbons (Fsp3) is 0.200. The molecule has 11 nitrogen and oxygen atoms in total. The number of alkyl halides is 1. The molecule has 0 aromatic heterocycles. The van der Waals surface area contributed by atoms with Crippen LogP contribution in [0.25, 0.3) is 0 Å². The van der Waals surface area contributed by atoms with Gasteiger partial charge in [-0.05, 0) is 107 Å². The van der Waals surface area contributed by atoms with Crippen molar-refractivity contribution in [3.63, 3.8) is 0 Å². The first-order chi connectivity index (χ1) is 32.8. The van der Waals surface area contributed by atoms with E-state index in [9.17, 15) is 19.8 Å². The fourth-order valence-electron chi connectivity index (χ4n) is 7.11. The Morgan fingerprint density at radius 3 is 1.51 bits per heavy atom. The Balaban J connectivity index is 0.000000329. The summed E-state index contributed by atoms with van der Waals surface area (Å²) in [6, 6.07) is 57.0. The minimum absolute atomic E-state index is 0. The van der Waals surface area contributed by atoms with Crippen LogP contribution in [0, 0.1) is 0 Å². The molecule has 0 spiro atoms. The molecule has 0 bridgehead atoms. The molecule has 7 aromatic carbocycles. The molecule has 5 N–H and O–H groups in total. The number of anilines is 4. The summed E-state index contributed by atoms with van der Waals surface area (Å²) in [4.78, 5) is 24.4. The quantitative estimate of drug-likeness (QED) is 0.0295. The smallest absolute Gasteiger partial charge is 0.211 e. The number of nitrogens with zero attached hydrogens (tertiary/aromatic N) is 1. The molecule has 1 radical (unpaired) electrons. The van der Waals surface area contributed by atoms with Gasteiger partial charge >= 0.3 is 0 Å². The molecule has 0 saturated heterocycles. The van der Waals surface area contributed by atoms with Crippen molar-refractivity contribution in [3.05, 3.63) is 209 Å². The van der Waals surface area contributed by atoms with E-state index in [4.69, 9.17) is 14.2 Å². The van der Waals surface area contributed by atoms with E-state index in [0.29, 0.717) is 85.1 Å². The van der Waals surface area contributed by atoms with Gasteiger partial charge in [-0.25, -0.2) is 0 Å². The second-order valence-corrected chi connectivity index (χ2v) is 16.2. The molecule has 0 heterocycles. The molecule has 0 aliphatic rings. The molecular formula is C55H57BrN4O7V. The van der Waals surface area contributed by atoms with Gasteiger partial charge in [0.15, 0.2) is 0 Å². The number of hydrogen-bond donors (Lipinski definition) is 5. The van der Waals surface area contributed by atoms with Crippen LogP contribution in [0.15, 0.2) is 176 Å². The predicted molar refractivity (Wildman–Crippen MR) is 270 cm³/mol. The molecule has 0 aliphatic carbocycles. The maximum Gasteiger partial charge on any atom is 0.211 e. The van der Waals surface area contributed by atoms with Gasteiger partial charge < -0.3 is 40.4 Å². The summed E-state index contributed by atoms with van der Waals surface area (Å²) in [6.07, 6.45) is 0.657. The molecule has 2 atom stereocenters. The first-order valence-corrected chi connectivity index (χ1v) is 23.2. The molecule has 68 heavy (non-hydrogen) atoms. The first-order valence-electron chi connectivity index (χ1n) is 22.1. The Bertz CT molecular complexity index is 2540. The average molecular weight is 1020 g/mol. The molecule has 0 unspecified atom stereocenters. The van der Waals surface area contributed by atoms with Crippen LogP contribution in [-0.2, 0) is 54.3 Å². The Labute approximate surface area is 419 Å². The molecule has 351 valence electrons. The van der Waals surface area contributed by atoms with Gasteiger partial charge in [-0.1, -0.05) is 131 Å². The standard InChI is InChI=1S/C39H41N3O4.C16H16BrNO3.V/c1-2-45-36-20-18-35(19-21-36)41-34-16-13-30(14-17-34)23-24-42(26-31-9-5-3-6-10-31)27-38(44)33-15-22-39(37(25-33)40-29-43)46-28-32-11-7-4-8-12-32;17-9-15(20)13-6-7-16(14(8-13)18-11-19)21-10-12-4-2-1-3-5-12;/h3-22,25,29,38,41,44H,2,23-24,26-28H2,1H3,(H,40,43);1-8,11,15,20H,9-10H2,(H,18,19);/t38-;15-;/m00./s1. The average Bonchev–Trinajstić information content (AvgIpc) is 3.37. The second-order valence-electron chi connectivity index (χ2n) is 15.5. The maximum absolute atomic E-state index is 11.4. The number of halogens is 1. The SMILES string of the molecule is CCOc1ccc(Nc2ccc(CCN(Cc3ccccc3)C[C@H](O)c3ccc(OCc4ccccc4)c(NC=O)c3)cc2)cc1.O=CNc1cc([C@@H](O)CBr)ccc1OCc1ccccc1.[V]. The Morgan fingerprint density at radius 2 is 1.04 bits per heavy atom. The van der Waals surface area contributed by atoms with Gasteiger partial charge in [0.25, 0.3) is 0 Å². The van der Waals surface area contributed by atoms with E-state index >= 15 is 0 Å². The minimum Gasteiger partial charge on any atom is -0.494 e. The topological polar surface area (TPSA) is 142 Å². The van der Waals surface area contributed by atoms with Crippen molar-refractivity contribution >= 4 is 51.5 Å². The van der Waals surface area contributed by atoms with Crippen LogP contribution in [0.2, 0.25) is 0 Å². The van der Waals surface area contributed by atoms with E-state index in [2.05, 4.69) is 73.2 Å². The number of ether oxygens (including phenoxy) is 3. The van der Waals surface area contributed by atoms with Gasteiger partial charge in [0.1, 0.15) is 30.5 Å². The Hall–Kier alpha value is -6.38. The Morgan fingerprint density at radius 1 is 0.574 bits per heavy atom. The molecular weight excluding hydrogens is 959 g/mol. The molecule has 0 aliphatic heterocycles. The third kappa shape index (κ3) is 17.1. The van der Waals surface area contributed by atoms with E-state index < -0.39 is 12.2 Å². The number of benzene rings is 7. The summed E-state index contributed by atoms with van der Waals surface area (Å²) in [5.74, 6) is 1.97. The zero-order chi connectivity index (χ0) is 47.1. The molecule has 13 heteroatoms. The number of amides is 2. The number of hydrogen-bond acceptors (Lipinski definition) is 9. The van der Waals surface area contributed by atoms with Crippen LogP contribution in [0.4, 0.5) is 22.7 Å². The normalized spacial score (nSPS) is 11.4. The molecule has 0 saturated carbocycles. The van der Waals surface area contributed by atoms with Gasteiger partial charge in [-0.15, -0.1) is 0 Å².